The highest BCUT2D eigenvalue weighted by molar-refractivity contribution is 5.98. The number of imidazole rings is 1. The topological polar surface area (TPSA) is 339 Å². The van der Waals surface area contributed by atoms with Gasteiger partial charge >= 0.3 is 5.97 Å². The third kappa shape index (κ3) is 30.5. The van der Waals surface area contributed by atoms with E-state index in [1.54, 1.807) is 38.1 Å². The molecule has 1 aliphatic rings. The Morgan fingerprint density at radius 2 is 1.09 bits per heavy atom. The van der Waals surface area contributed by atoms with E-state index in [2.05, 4.69) is 71.6 Å². The SMILES string of the molecule is CCCCCCCCCCCCCCCC(=O)NCCC(=O)NCCCC[C@H](NC(=O)[C@@H]1CCCN1C(=O)[C@@H](NC(=O)[C@H](Cc1cnc[nH]1)NC(=O)[C@@H](NC(=O)[C@H](CCC(=O)O)NC(=O)CC(C)C)[C@@H](C)O)C(c1ccccc1)c1ccccc1)C(=O)NCCCCc1ccccc1. The number of amides is 9. The number of aliphatic hydroxyl groups is 1. The van der Waals surface area contributed by atoms with E-state index in [9.17, 15) is 48.6 Å². The summed E-state index contributed by atoms with van der Waals surface area (Å²) in [6.07, 6.45) is 20.7. The largest absolute Gasteiger partial charge is 0.481 e. The second-order valence-corrected chi connectivity index (χ2v) is 26.4. The molecule has 0 aliphatic carbocycles. The van der Waals surface area contributed by atoms with Crippen molar-refractivity contribution < 1.29 is 58.2 Å². The van der Waals surface area contributed by atoms with Crippen LogP contribution in [0.3, 0.4) is 0 Å². The van der Waals surface area contributed by atoms with Gasteiger partial charge in [0, 0.05) is 76.1 Å². The van der Waals surface area contributed by atoms with Crippen molar-refractivity contribution in [1.29, 1.82) is 0 Å². The lowest BCUT2D eigenvalue weighted by molar-refractivity contribution is -0.143. The zero-order valence-electron chi connectivity index (χ0n) is 58.3. The molecule has 7 atom stereocenters. The van der Waals surface area contributed by atoms with Crippen LogP contribution in [-0.2, 0) is 60.8 Å². The van der Waals surface area contributed by atoms with E-state index in [0.717, 1.165) is 32.1 Å². The molecule has 4 aromatic rings. The molecule has 23 heteroatoms. The van der Waals surface area contributed by atoms with Crippen molar-refractivity contribution in [2.45, 2.75) is 249 Å². The van der Waals surface area contributed by atoms with Crippen molar-refractivity contribution in [2.75, 3.05) is 26.2 Å². The fourth-order valence-corrected chi connectivity index (χ4v) is 12.3. The molecule has 1 fully saturated rings. The van der Waals surface area contributed by atoms with E-state index in [-0.39, 0.29) is 69.3 Å². The van der Waals surface area contributed by atoms with Crippen LogP contribution in [0, 0.1) is 5.92 Å². The Balaban J connectivity index is 1.28. The van der Waals surface area contributed by atoms with Crippen molar-refractivity contribution in [3.05, 3.63) is 126 Å². The van der Waals surface area contributed by atoms with Crippen molar-refractivity contribution in [3.8, 4) is 0 Å². The average molecular weight is 1360 g/mol. The number of aliphatic hydroxyl groups excluding tert-OH is 1. The summed E-state index contributed by atoms with van der Waals surface area (Å²) in [5.74, 6) is -7.49. The predicted octanol–water partition coefficient (Wildman–Crippen LogP) is 7.90. The summed E-state index contributed by atoms with van der Waals surface area (Å²) < 4.78 is 0. The van der Waals surface area contributed by atoms with Crippen LogP contribution in [0.1, 0.15) is 217 Å². The lowest BCUT2D eigenvalue weighted by atomic mass is 9.84. The number of aromatic nitrogens is 2. The monoisotopic (exact) mass is 1360 g/mol. The van der Waals surface area contributed by atoms with Crippen LogP contribution >= 0.6 is 0 Å². The highest BCUT2D eigenvalue weighted by Gasteiger charge is 2.44. The lowest BCUT2D eigenvalue weighted by Gasteiger charge is -2.35. The molecule has 5 rings (SSSR count). The zero-order chi connectivity index (χ0) is 70.9. The molecule has 11 N–H and O–H groups in total. The van der Waals surface area contributed by atoms with Gasteiger partial charge in [-0.05, 0) is 93.7 Å². The second kappa shape index (κ2) is 45.9. The molecule has 0 spiro atoms. The highest BCUT2D eigenvalue weighted by atomic mass is 16.4. The molecule has 9 amide bonds. The van der Waals surface area contributed by atoms with Crippen molar-refractivity contribution in [2.24, 2.45) is 5.92 Å². The Morgan fingerprint density at radius 1 is 0.541 bits per heavy atom. The van der Waals surface area contributed by atoms with Crippen molar-refractivity contribution >= 4 is 59.1 Å². The van der Waals surface area contributed by atoms with Gasteiger partial charge in [-0.3, -0.25) is 47.9 Å². The third-order valence-corrected chi connectivity index (χ3v) is 17.7. The fraction of sp³-hybridized carbons (Fsp3) is 0.587. The second-order valence-electron chi connectivity index (χ2n) is 26.4. The van der Waals surface area contributed by atoms with Gasteiger partial charge < -0.3 is 62.6 Å². The highest BCUT2D eigenvalue weighted by Crippen LogP contribution is 2.32. The van der Waals surface area contributed by atoms with Gasteiger partial charge in [-0.2, -0.15) is 0 Å². The number of unbranched alkanes of at least 4 members (excludes halogenated alkanes) is 14. The van der Waals surface area contributed by atoms with E-state index in [4.69, 9.17) is 0 Å². The minimum atomic E-state index is -1.73. The number of benzene rings is 3. The first kappa shape index (κ1) is 80.2. The Bertz CT molecular complexity index is 2990. The first-order chi connectivity index (χ1) is 47.3. The van der Waals surface area contributed by atoms with E-state index >= 15 is 9.59 Å². The average Bonchev–Trinajstić information content (AvgIpc) is 1.48. The van der Waals surface area contributed by atoms with Crippen molar-refractivity contribution in [3.63, 3.8) is 0 Å². The van der Waals surface area contributed by atoms with Crippen LogP contribution in [0.5, 0.6) is 0 Å². The van der Waals surface area contributed by atoms with Crippen LogP contribution in [0.4, 0.5) is 0 Å². The van der Waals surface area contributed by atoms with Gasteiger partial charge in [-0.1, -0.05) is 189 Å². The first-order valence-corrected chi connectivity index (χ1v) is 36.0. The maximum atomic E-state index is 15.8. The minimum Gasteiger partial charge on any atom is -0.481 e. The lowest BCUT2D eigenvalue weighted by Crippen LogP contribution is -2.62. The van der Waals surface area contributed by atoms with Gasteiger partial charge in [0.25, 0.3) is 0 Å². The predicted molar refractivity (Wildman–Crippen MR) is 377 cm³/mol. The van der Waals surface area contributed by atoms with Gasteiger partial charge in [0.2, 0.25) is 53.2 Å². The van der Waals surface area contributed by atoms with Gasteiger partial charge in [0.1, 0.15) is 36.3 Å². The number of aromatic amines is 1. The number of aliphatic carboxylic acids is 1. The summed E-state index contributed by atoms with van der Waals surface area (Å²) >= 11 is 0. The summed E-state index contributed by atoms with van der Waals surface area (Å²) in [4.78, 5) is 147. The van der Waals surface area contributed by atoms with E-state index in [1.807, 2.05) is 54.6 Å². The molecule has 0 radical (unpaired) electrons. The molecule has 98 heavy (non-hydrogen) atoms. The molecule has 0 saturated carbocycles. The summed E-state index contributed by atoms with van der Waals surface area (Å²) in [7, 11) is 0. The molecule has 1 aliphatic heterocycles. The quantitative estimate of drug-likeness (QED) is 0.0188. The number of H-pyrrole nitrogens is 1. The fourth-order valence-electron chi connectivity index (χ4n) is 12.3. The molecule has 1 aromatic heterocycles. The standard InChI is InChI=1S/C75H111N11O12/c1-5-6-7-8-9-10-11-12-13-14-15-16-26-41-63(88)78-47-44-64(89)77-45-30-28-39-59(70(93)79-46-29-27-34-55-32-20-17-21-33-55)82-73(96)62-40-31-48-86(62)75(98)69(67(56-35-22-18-23-36-56)57-37-24-19-25-38-57)85-72(95)61(50-58-51-76-52-80-58)83-74(97)68(54(4)87)84-71(94)60(42-43-66(91)92)81-65(90)49-53(2)3/h17-25,32-33,35-38,51-54,59-62,67-69,87H,5-16,26-31,34,39-50H2,1-4H3,(H,76,80)(H,77,89)(H,78,88)(H,79,93)(H,81,90)(H,82,96)(H,83,97)(H,84,94)(H,85,95)(H,91,92)/t54-,59+,60+,61+,62+,68+,69+/m1/s1. The zero-order valence-corrected chi connectivity index (χ0v) is 58.3. The number of carbonyl (C=O) groups is 10. The number of likely N-dealkylation sites (tertiary alicyclic amines) is 1. The number of carboxylic acid groups (broad SMARTS) is 1. The number of nitrogens with zero attached hydrogens (tertiary/aromatic N) is 2. The maximum absolute atomic E-state index is 15.8. The maximum Gasteiger partial charge on any atom is 0.303 e. The van der Waals surface area contributed by atoms with Crippen molar-refractivity contribution in [1.82, 2.24) is 57.4 Å². The Kier molecular flexibility index (Phi) is 37.6. The number of nitrogens with one attached hydrogen (secondary N) is 9. The summed E-state index contributed by atoms with van der Waals surface area (Å²) in [5, 5.41) is 42.9. The number of hydrogen-bond acceptors (Lipinski definition) is 12. The number of carboxylic acids is 1. The Morgan fingerprint density at radius 3 is 1.68 bits per heavy atom. The minimum absolute atomic E-state index is 0.0254. The van der Waals surface area contributed by atoms with Crippen LogP contribution in [0.15, 0.2) is 104 Å². The molecule has 0 bridgehead atoms. The van der Waals surface area contributed by atoms with Gasteiger partial charge in [-0.15, -0.1) is 0 Å². The van der Waals surface area contributed by atoms with Gasteiger partial charge in [0.05, 0.1) is 12.4 Å². The molecule has 23 nitrogen and oxygen atoms in total. The van der Waals surface area contributed by atoms with Gasteiger partial charge in [0.15, 0.2) is 0 Å². The number of aryl methyl sites for hydroxylation is 1. The van der Waals surface area contributed by atoms with E-state index in [1.165, 1.54) is 94.1 Å². The molecule has 1 saturated heterocycles. The Hall–Kier alpha value is -8.47. The smallest absolute Gasteiger partial charge is 0.303 e. The Labute approximate surface area is 579 Å². The molecule has 3 aromatic carbocycles. The number of carbonyl (C=O) groups excluding carboxylic acids is 9. The normalized spacial score (nSPS) is 14.6. The first-order valence-electron chi connectivity index (χ1n) is 36.0. The molecular formula is C75H111N11O12. The number of hydrogen-bond donors (Lipinski definition) is 11. The molecule has 538 valence electrons. The summed E-state index contributed by atoms with van der Waals surface area (Å²) in [6, 6.07) is 19.8. The van der Waals surface area contributed by atoms with Gasteiger partial charge in [-0.25, -0.2) is 4.98 Å². The van der Waals surface area contributed by atoms with Crippen LogP contribution < -0.4 is 42.5 Å². The summed E-state index contributed by atoms with van der Waals surface area (Å²) in [6.45, 7) is 8.03. The number of rotatable bonds is 49. The van der Waals surface area contributed by atoms with Crippen LogP contribution in [0.25, 0.3) is 0 Å². The molecular weight excluding hydrogens is 1250 g/mol. The van der Waals surface area contributed by atoms with Crippen LogP contribution in [-0.4, -0.2) is 153 Å². The molecule has 0 unspecified atom stereocenters. The molecule has 2 heterocycles. The van der Waals surface area contributed by atoms with E-state index in [0.29, 0.717) is 62.0 Å². The van der Waals surface area contributed by atoms with E-state index < -0.39 is 102 Å². The third-order valence-electron chi connectivity index (χ3n) is 17.7. The summed E-state index contributed by atoms with van der Waals surface area (Å²) in [5.41, 5.74) is 2.81. The van der Waals surface area contributed by atoms with Crippen LogP contribution in [0.2, 0.25) is 0 Å².